The quantitative estimate of drug-likeness (QED) is 0.427. The number of carbonyl (C=O) groups is 1. The van der Waals surface area contributed by atoms with Gasteiger partial charge in [-0.3, -0.25) is 9.78 Å². The highest BCUT2D eigenvalue weighted by Gasteiger charge is 2.21. The molecular weight excluding hydrogens is 394 g/mol. The largest absolute Gasteiger partial charge is 0.325 e. The van der Waals surface area contributed by atoms with Crippen LogP contribution in [0.25, 0.3) is 22.2 Å². The maximum absolute atomic E-state index is 12.8. The summed E-state index contributed by atoms with van der Waals surface area (Å²) in [7, 11) is 0. The molecule has 0 unspecified atom stereocenters. The van der Waals surface area contributed by atoms with Crippen LogP contribution in [0.15, 0.2) is 72.1 Å². The van der Waals surface area contributed by atoms with E-state index in [9.17, 15) is 4.79 Å². The Morgan fingerprint density at radius 2 is 1.83 bits per heavy atom. The third-order valence-corrected chi connectivity index (χ3v) is 5.85. The fraction of sp³-hybridized carbons (Fsp3) is 0.217. The van der Waals surface area contributed by atoms with Gasteiger partial charge in [0.25, 0.3) is 0 Å². The molecule has 2 aromatic carbocycles. The van der Waals surface area contributed by atoms with Gasteiger partial charge in [0.05, 0.1) is 5.25 Å². The first-order chi connectivity index (χ1) is 14.7. The fourth-order valence-electron chi connectivity index (χ4n) is 3.24. The van der Waals surface area contributed by atoms with Crippen LogP contribution >= 0.6 is 11.8 Å². The minimum Gasteiger partial charge on any atom is -0.325 e. The summed E-state index contributed by atoms with van der Waals surface area (Å²) in [6.07, 6.45) is 4.43. The number of carbonyl (C=O) groups excluding carboxylic acids is 1. The van der Waals surface area contributed by atoms with Crippen molar-refractivity contribution < 1.29 is 4.79 Å². The number of anilines is 1. The van der Waals surface area contributed by atoms with Crippen molar-refractivity contribution >= 4 is 34.1 Å². The van der Waals surface area contributed by atoms with Crippen LogP contribution in [0.1, 0.15) is 20.3 Å². The van der Waals surface area contributed by atoms with Gasteiger partial charge in [0.2, 0.25) is 5.91 Å². The Kier molecular flexibility index (Phi) is 6.09. The van der Waals surface area contributed by atoms with E-state index in [-0.39, 0.29) is 11.2 Å². The van der Waals surface area contributed by atoms with Crippen molar-refractivity contribution in [1.82, 2.24) is 19.7 Å². The maximum atomic E-state index is 12.8. The highest BCUT2D eigenvalue weighted by molar-refractivity contribution is 8.00. The van der Waals surface area contributed by atoms with E-state index in [0.717, 1.165) is 46.0 Å². The first kappa shape index (κ1) is 20.1. The molecule has 30 heavy (non-hydrogen) atoms. The average molecular weight is 418 g/mol. The van der Waals surface area contributed by atoms with E-state index in [4.69, 9.17) is 0 Å². The molecule has 2 aromatic heterocycles. The van der Waals surface area contributed by atoms with Crippen LogP contribution < -0.4 is 5.32 Å². The molecule has 4 aromatic rings. The lowest BCUT2D eigenvalue weighted by atomic mass is 10.1. The summed E-state index contributed by atoms with van der Waals surface area (Å²) in [5.41, 5.74) is 1.75. The topological polar surface area (TPSA) is 72.7 Å². The number of benzene rings is 2. The van der Waals surface area contributed by atoms with E-state index in [1.165, 1.54) is 11.8 Å². The Labute approximate surface area is 179 Å². The standard InChI is InChI=1S/C23H23N5OS/c1-3-14-28-21(18-10-12-24-13-11-18)26-27-23(28)30-16(2)22(29)25-20-9-8-17-6-4-5-7-19(17)15-20/h4-13,15-16H,3,14H2,1-2H3,(H,25,29)/t16-/m0/s1. The van der Waals surface area contributed by atoms with Crippen molar-refractivity contribution in [3.05, 3.63) is 67.0 Å². The summed E-state index contributed by atoms with van der Waals surface area (Å²) >= 11 is 1.42. The van der Waals surface area contributed by atoms with E-state index < -0.39 is 0 Å². The molecule has 0 radical (unpaired) electrons. The second-order valence-corrected chi connectivity index (χ2v) is 8.31. The molecule has 0 aliphatic carbocycles. The molecule has 1 atom stereocenters. The number of thioether (sulfide) groups is 1. The fourth-order valence-corrected chi connectivity index (χ4v) is 4.11. The number of hydrogen-bond donors (Lipinski definition) is 1. The van der Waals surface area contributed by atoms with Crippen LogP contribution in [0.2, 0.25) is 0 Å². The number of nitrogens with one attached hydrogen (secondary N) is 1. The zero-order valence-electron chi connectivity index (χ0n) is 16.9. The summed E-state index contributed by atoms with van der Waals surface area (Å²) in [6.45, 7) is 4.78. The number of rotatable bonds is 7. The normalized spacial score (nSPS) is 12.1. The van der Waals surface area contributed by atoms with E-state index in [0.29, 0.717) is 0 Å². The SMILES string of the molecule is CCCn1c(S[C@@H](C)C(=O)Nc2ccc3ccccc3c2)nnc1-c1ccncc1. The maximum Gasteiger partial charge on any atom is 0.237 e. The molecule has 1 N–H and O–H groups in total. The second kappa shape index (κ2) is 9.09. The van der Waals surface area contributed by atoms with Gasteiger partial charge in [-0.1, -0.05) is 49.0 Å². The van der Waals surface area contributed by atoms with E-state index in [2.05, 4.69) is 38.1 Å². The third-order valence-electron chi connectivity index (χ3n) is 4.77. The molecule has 0 aliphatic rings. The first-order valence-corrected chi connectivity index (χ1v) is 10.8. The van der Waals surface area contributed by atoms with Crippen LogP contribution in [0.4, 0.5) is 5.69 Å². The Hall–Kier alpha value is -3.19. The van der Waals surface area contributed by atoms with Crippen LogP contribution in [0, 0.1) is 0 Å². The van der Waals surface area contributed by atoms with Crippen LogP contribution in [-0.2, 0) is 11.3 Å². The van der Waals surface area contributed by atoms with Crippen molar-refractivity contribution in [2.24, 2.45) is 0 Å². The van der Waals surface area contributed by atoms with E-state index in [1.54, 1.807) is 12.4 Å². The van der Waals surface area contributed by atoms with Crippen molar-refractivity contribution in [3.63, 3.8) is 0 Å². The van der Waals surface area contributed by atoms with Gasteiger partial charge in [-0.05, 0) is 48.4 Å². The van der Waals surface area contributed by atoms with Crippen molar-refractivity contribution in [3.8, 4) is 11.4 Å². The highest BCUT2D eigenvalue weighted by Crippen LogP contribution is 2.28. The molecule has 0 aliphatic heterocycles. The zero-order chi connectivity index (χ0) is 20.9. The summed E-state index contributed by atoms with van der Waals surface area (Å²) in [5.74, 6) is 0.732. The number of hydrogen-bond acceptors (Lipinski definition) is 5. The smallest absolute Gasteiger partial charge is 0.237 e. The predicted octanol–water partition coefficient (Wildman–Crippen LogP) is 5.02. The van der Waals surface area contributed by atoms with Gasteiger partial charge in [0.15, 0.2) is 11.0 Å². The zero-order valence-corrected chi connectivity index (χ0v) is 17.8. The monoisotopic (exact) mass is 417 g/mol. The number of nitrogens with zero attached hydrogens (tertiary/aromatic N) is 4. The molecule has 0 spiro atoms. The van der Waals surface area contributed by atoms with Crippen molar-refractivity contribution in [2.45, 2.75) is 37.2 Å². The number of amides is 1. The lowest BCUT2D eigenvalue weighted by molar-refractivity contribution is -0.115. The molecule has 152 valence electrons. The Balaban J connectivity index is 1.50. The average Bonchev–Trinajstić information content (AvgIpc) is 3.16. The molecule has 0 saturated heterocycles. The molecule has 0 fully saturated rings. The first-order valence-electron chi connectivity index (χ1n) is 9.95. The molecule has 0 saturated carbocycles. The Morgan fingerprint density at radius 1 is 1.07 bits per heavy atom. The second-order valence-electron chi connectivity index (χ2n) is 7.00. The van der Waals surface area contributed by atoms with Gasteiger partial charge >= 0.3 is 0 Å². The minimum absolute atomic E-state index is 0.0632. The molecule has 6 nitrogen and oxygen atoms in total. The Morgan fingerprint density at radius 3 is 2.60 bits per heavy atom. The van der Waals surface area contributed by atoms with Crippen molar-refractivity contribution in [1.29, 1.82) is 0 Å². The highest BCUT2D eigenvalue weighted by atomic mass is 32.2. The van der Waals surface area contributed by atoms with Gasteiger partial charge in [-0.25, -0.2) is 0 Å². The van der Waals surface area contributed by atoms with E-state index in [1.807, 2.05) is 55.5 Å². The number of fused-ring (bicyclic) bond motifs is 1. The van der Waals surface area contributed by atoms with Crippen molar-refractivity contribution in [2.75, 3.05) is 5.32 Å². The lowest BCUT2D eigenvalue weighted by Crippen LogP contribution is -2.23. The van der Waals surface area contributed by atoms with Crippen LogP contribution in [0.5, 0.6) is 0 Å². The van der Waals surface area contributed by atoms with Gasteiger partial charge in [0, 0.05) is 30.2 Å². The number of pyridine rings is 1. The summed E-state index contributed by atoms with van der Waals surface area (Å²) in [6, 6.07) is 17.9. The summed E-state index contributed by atoms with van der Waals surface area (Å²) in [5, 5.41) is 14.4. The predicted molar refractivity (Wildman–Crippen MR) is 121 cm³/mol. The van der Waals surface area contributed by atoms with Gasteiger partial charge in [-0.2, -0.15) is 0 Å². The van der Waals surface area contributed by atoms with E-state index >= 15 is 0 Å². The molecule has 1 amide bonds. The molecule has 7 heteroatoms. The van der Waals surface area contributed by atoms with Gasteiger partial charge < -0.3 is 9.88 Å². The third kappa shape index (κ3) is 4.36. The summed E-state index contributed by atoms with van der Waals surface area (Å²) in [4.78, 5) is 16.9. The lowest BCUT2D eigenvalue weighted by Gasteiger charge is -2.14. The van der Waals surface area contributed by atoms with Crippen LogP contribution in [0.3, 0.4) is 0 Å². The number of aromatic nitrogens is 4. The minimum atomic E-state index is -0.318. The Bertz CT molecular complexity index is 1160. The molecule has 0 bridgehead atoms. The van der Waals surface area contributed by atoms with Crippen LogP contribution in [-0.4, -0.2) is 30.9 Å². The van der Waals surface area contributed by atoms with Gasteiger partial charge in [0.1, 0.15) is 0 Å². The summed E-state index contributed by atoms with van der Waals surface area (Å²) < 4.78 is 2.07. The molecule has 2 heterocycles. The van der Waals surface area contributed by atoms with Gasteiger partial charge in [-0.15, -0.1) is 10.2 Å². The molecule has 4 rings (SSSR count). The molecular formula is C23H23N5OS.